The van der Waals surface area contributed by atoms with Crippen molar-refractivity contribution in [2.75, 3.05) is 5.32 Å². The van der Waals surface area contributed by atoms with Gasteiger partial charge < -0.3 is 9.73 Å². The van der Waals surface area contributed by atoms with Crippen molar-refractivity contribution in [2.45, 2.75) is 0 Å². The van der Waals surface area contributed by atoms with Crippen LogP contribution in [0, 0.1) is 10.1 Å². The number of oxazole rings is 1. The molecule has 0 aliphatic rings. The molecular weight excluding hydrogens is 394 g/mol. The van der Waals surface area contributed by atoms with Crippen molar-refractivity contribution in [2.24, 2.45) is 0 Å². The number of carbonyl (C=O) groups is 1. The largest absolute Gasteiger partial charge is 0.436 e. The van der Waals surface area contributed by atoms with Gasteiger partial charge in [0.15, 0.2) is 5.58 Å². The molecule has 1 amide bonds. The average Bonchev–Trinajstić information content (AvgIpc) is 3.24. The number of hydrogen-bond donors (Lipinski definition) is 1. The second kappa shape index (κ2) is 7.38. The maximum Gasteiger partial charge on any atom is 0.269 e. The first-order valence-electron chi connectivity index (χ1n) is 9.53. The minimum Gasteiger partial charge on any atom is -0.436 e. The lowest BCUT2D eigenvalue weighted by atomic mass is 10.1. The molecule has 0 radical (unpaired) electrons. The number of amides is 1. The highest BCUT2D eigenvalue weighted by Crippen LogP contribution is 2.30. The Kier molecular flexibility index (Phi) is 4.41. The van der Waals surface area contributed by atoms with Crippen LogP contribution in [0.2, 0.25) is 0 Å². The normalized spacial score (nSPS) is 11.0. The molecular formula is C24H15N3O4. The molecule has 0 aliphatic carbocycles. The lowest BCUT2D eigenvalue weighted by molar-refractivity contribution is -0.384. The summed E-state index contributed by atoms with van der Waals surface area (Å²) in [6.45, 7) is 0. The highest BCUT2D eigenvalue weighted by atomic mass is 16.6. The first kappa shape index (κ1) is 18.5. The minimum absolute atomic E-state index is 0.0676. The first-order valence-corrected chi connectivity index (χ1v) is 9.53. The molecule has 5 aromatic rings. The van der Waals surface area contributed by atoms with Gasteiger partial charge in [-0.15, -0.1) is 0 Å². The monoisotopic (exact) mass is 409 g/mol. The number of rotatable bonds is 4. The fourth-order valence-corrected chi connectivity index (χ4v) is 3.45. The van der Waals surface area contributed by atoms with Crippen LogP contribution in [0.3, 0.4) is 0 Å². The van der Waals surface area contributed by atoms with Crippen LogP contribution in [0.25, 0.3) is 33.3 Å². The second-order valence-corrected chi connectivity index (χ2v) is 6.99. The van der Waals surface area contributed by atoms with E-state index in [9.17, 15) is 14.9 Å². The fourth-order valence-electron chi connectivity index (χ4n) is 3.45. The third kappa shape index (κ3) is 3.49. The molecule has 0 saturated carbocycles. The summed E-state index contributed by atoms with van der Waals surface area (Å²) in [7, 11) is 0. The Hall–Kier alpha value is -4.52. The molecule has 0 bridgehead atoms. The van der Waals surface area contributed by atoms with E-state index in [1.807, 2.05) is 42.5 Å². The smallest absolute Gasteiger partial charge is 0.269 e. The van der Waals surface area contributed by atoms with E-state index in [0.717, 1.165) is 21.9 Å². The Morgan fingerprint density at radius 2 is 1.74 bits per heavy atom. The highest BCUT2D eigenvalue weighted by molar-refractivity contribution is 6.05. The topological polar surface area (TPSA) is 98.3 Å². The van der Waals surface area contributed by atoms with Gasteiger partial charge in [-0.25, -0.2) is 4.98 Å². The number of aromatic nitrogens is 1. The van der Waals surface area contributed by atoms with Crippen LogP contribution in [-0.4, -0.2) is 15.8 Å². The van der Waals surface area contributed by atoms with E-state index in [1.165, 1.54) is 24.3 Å². The highest BCUT2D eigenvalue weighted by Gasteiger charge is 2.13. The van der Waals surface area contributed by atoms with Gasteiger partial charge in [0.2, 0.25) is 5.89 Å². The standard InChI is InChI=1S/C24H15N3O4/c28-23(16-8-11-19(12-9-16)27(29)30)25-18-6-3-5-17(14-18)24-26-22-20-7-2-1-4-15(20)10-13-21(22)31-24/h1-14H,(H,25,28). The van der Waals surface area contributed by atoms with Gasteiger partial charge >= 0.3 is 0 Å². The van der Waals surface area contributed by atoms with Crippen LogP contribution in [0.5, 0.6) is 0 Å². The average molecular weight is 409 g/mol. The number of nitrogens with zero attached hydrogens (tertiary/aromatic N) is 2. The summed E-state index contributed by atoms with van der Waals surface area (Å²) in [4.78, 5) is 27.5. The number of anilines is 1. The Labute approximate surface area is 176 Å². The Morgan fingerprint density at radius 3 is 2.55 bits per heavy atom. The Morgan fingerprint density at radius 1 is 0.935 bits per heavy atom. The quantitative estimate of drug-likeness (QED) is 0.298. The molecule has 0 fully saturated rings. The summed E-state index contributed by atoms with van der Waals surface area (Å²) in [6.07, 6.45) is 0. The van der Waals surface area contributed by atoms with E-state index in [1.54, 1.807) is 18.2 Å². The van der Waals surface area contributed by atoms with Crippen molar-refractivity contribution in [3.63, 3.8) is 0 Å². The SMILES string of the molecule is O=C(Nc1cccc(-c2nc3c(ccc4ccccc43)o2)c1)c1ccc([N+](=O)[O-])cc1. The number of non-ortho nitro benzene ring substituents is 1. The van der Waals surface area contributed by atoms with Crippen molar-refractivity contribution < 1.29 is 14.1 Å². The number of hydrogen-bond acceptors (Lipinski definition) is 5. The van der Waals surface area contributed by atoms with Crippen molar-refractivity contribution >= 4 is 39.2 Å². The summed E-state index contributed by atoms with van der Waals surface area (Å²) in [5, 5.41) is 15.7. The van der Waals surface area contributed by atoms with Gasteiger partial charge in [-0.1, -0.05) is 36.4 Å². The zero-order valence-corrected chi connectivity index (χ0v) is 16.1. The zero-order valence-electron chi connectivity index (χ0n) is 16.1. The second-order valence-electron chi connectivity index (χ2n) is 6.99. The van der Waals surface area contributed by atoms with Gasteiger partial charge in [0.1, 0.15) is 5.52 Å². The van der Waals surface area contributed by atoms with Gasteiger partial charge in [0.25, 0.3) is 11.6 Å². The number of carbonyl (C=O) groups excluding carboxylic acids is 1. The van der Waals surface area contributed by atoms with Crippen LogP contribution in [0.15, 0.2) is 89.3 Å². The third-order valence-electron chi connectivity index (χ3n) is 4.99. The van der Waals surface area contributed by atoms with E-state index >= 15 is 0 Å². The summed E-state index contributed by atoms with van der Waals surface area (Å²) in [5.74, 6) is 0.0911. The van der Waals surface area contributed by atoms with Crippen LogP contribution in [0.4, 0.5) is 11.4 Å². The van der Waals surface area contributed by atoms with Crippen molar-refractivity contribution in [1.82, 2.24) is 4.98 Å². The molecule has 150 valence electrons. The lowest BCUT2D eigenvalue weighted by Gasteiger charge is -2.06. The van der Waals surface area contributed by atoms with Gasteiger partial charge in [-0.05, 0) is 41.8 Å². The summed E-state index contributed by atoms with van der Waals surface area (Å²) < 4.78 is 5.95. The Bertz CT molecular complexity index is 1460. The molecule has 0 spiro atoms. The van der Waals surface area contributed by atoms with E-state index < -0.39 is 4.92 Å². The molecule has 1 aromatic heterocycles. The molecule has 0 atom stereocenters. The van der Waals surface area contributed by atoms with Gasteiger partial charge in [-0.3, -0.25) is 14.9 Å². The van der Waals surface area contributed by atoms with Gasteiger partial charge in [0.05, 0.1) is 4.92 Å². The lowest BCUT2D eigenvalue weighted by Crippen LogP contribution is -2.11. The summed E-state index contributed by atoms with van der Waals surface area (Å²) in [5.41, 5.74) is 3.02. The van der Waals surface area contributed by atoms with E-state index in [0.29, 0.717) is 22.7 Å². The number of benzene rings is 4. The molecule has 0 aliphatic heterocycles. The van der Waals surface area contributed by atoms with Crippen LogP contribution < -0.4 is 5.32 Å². The maximum absolute atomic E-state index is 12.5. The van der Waals surface area contributed by atoms with Crippen LogP contribution >= 0.6 is 0 Å². The zero-order chi connectivity index (χ0) is 21.4. The first-order chi connectivity index (χ1) is 15.1. The van der Waals surface area contributed by atoms with E-state index in [2.05, 4.69) is 10.3 Å². The molecule has 7 nitrogen and oxygen atoms in total. The van der Waals surface area contributed by atoms with Gasteiger partial charge in [0, 0.05) is 34.3 Å². The van der Waals surface area contributed by atoms with Crippen molar-refractivity contribution in [3.8, 4) is 11.5 Å². The minimum atomic E-state index is -0.505. The Balaban J connectivity index is 1.44. The number of fused-ring (bicyclic) bond motifs is 3. The number of nitro groups is 1. The predicted molar refractivity (Wildman–Crippen MR) is 118 cm³/mol. The molecule has 0 saturated heterocycles. The summed E-state index contributed by atoms with van der Waals surface area (Å²) >= 11 is 0. The molecule has 1 heterocycles. The third-order valence-corrected chi connectivity index (χ3v) is 4.99. The molecule has 7 heteroatoms. The predicted octanol–water partition coefficient (Wildman–Crippen LogP) is 5.81. The molecule has 0 unspecified atom stereocenters. The number of nitro benzene ring substituents is 1. The van der Waals surface area contributed by atoms with Crippen molar-refractivity contribution in [3.05, 3.63) is 101 Å². The fraction of sp³-hybridized carbons (Fsp3) is 0. The maximum atomic E-state index is 12.5. The molecule has 31 heavy (non-hydrogen) atoms. The van der Waals surface area contributed by atoms with E-state index in [4.69, 9.17) is 4.42 Å². The van der Waals surface area contributed by atoms with Crippen LogP contribution in [0.1, 0.15) is 10.4 Å². The number of nitrogens with one attached hydrogen (secondary N) is 1. The molecule has 4 aromatic carbocycles. The molecule has 1 N–H and O–H groups in total. The summed E-state index contributed by atoms with van der Waals surface area (Å²) in [6, 6.07) is 24.5. The van der Waals surface area contributed by atoms with Crippen molar-refractivity contribution in [1.29, 1.82) is 0 Å². The van der Waals surface area contributed by atoms with E-state index in [-0.39, 0.29) is 11.6 Å². The van der Waals surface area contributed by atoms with Gasteiger partial charge in [-0.2, -0.15) is 0 Å². The van der Waals surface area contributed by atoms with Crippen LogP contribution in [-0.2, 0) is 0 Å². The molecule has 5 rings (SSSR count).